The van der Waals surface area contributed by atoms with E-state index >= 15 is 0 Å². The van der Waals surface area contributed by atoms with E-state index in [0.29, 0.717) is 12.8 Å². The molecule has 0 spiro atoms. The summed E-state index contributed by atoms with van der Waals surface area (Å²) < 4.78 is 10.6. The Hall–Kier alpha value is -2.53. The Labute approximate surface area is 180 Å². The molecule has 0 unspecified atom stereocenters. The third kappa shape index (κ3) is 8.46. The van der Waals surface area contributed by atoms with Crippen LogP contribution in [0.25, 0.3) is 0 Å². The van der Waals surface area contributed by atoms with Gasteiger partial charge >= 0.3 is 6.09 Å². The molecule has 2 N–H and O–H groups in total. The minimum atomic E-state index is -0.689. The summed E-state index contributed by atoms with van der Waals surface area (Å²) in [7, 11) is 1.65. The average molecular weight is 414 g/mol. The van der Waals surface area contributed by atoms with Gasteiger partial charge in [-0.25, -0.2) is 4.79 Å². The van der Waals surface area contributed by atoms with Crippen LogP contribution < -0.4 is 10.1 Å². The van der Waals surface area contributed by atoms with Gasteiger partial charge in [-0.05, 0) is 69.2 Å². The molecule has 0 radical (unpaired) electrons. The summed E-state index contributed by atoms with van der Waals surface area (Å²) in [6.07, 6.45) is 0.748. The minimum absolute atomic E-state index is 0.243. The fraction of sp³-hybridized carbons (Fsp3) is 0.480. The van der Waals surface area contributed by atoms with Gasteiger partial charge in [0.1, 0.15) is 11.4 Å². The molecule has 5 heteroatoms. The summed E-state index contributed by atoms with van der Waals surface area (Å²) in [5.74, 6) is 1.07. The molecule has 5 nitrogen and oxygen atoms in total. The van der Waals surface area contributed by atoms with Crippen LogP contribution in [0.4, 0.5) is 4.79 Å². The molecule has 0 bridgehead atoms. The number of hydrogen-bond donors (Lipinski definition) is 2. The van der Waals surface area contributed by atoms with Gasteiger partial charge in [0.05, 0.1) is 19.3 Å². The second kappa shape index (κ2) is 11.0. The lowest BCUT2D eigenvalue weighted by Gasteiger charge is -2.28. The van der Waals surface area contributed by atoms with Crippen LogP contribution in [0, 0.1) is 5.92 Å². The van der Waals surface area contributed by atoms with Crippen LogP contribution in [0.15, 0.2) is 54.6 Å². The Kier molecular flexibility index (Phi) is 8.72. The van der Waals surface area contributed by atoms with Crippen LogP contribution >= 0.6 is 0 Å². The van der Waals surface area contributed by atoms with E-state index in [1.165, 1.54) is 5.56 Å². The maximum Gasteiger partial charge on any atom is 0.407 e. The van der Waals surface area contributed by atoms with E-state index in [2.05, 4.69) is 12.2 Å². The van der Waals surface area contributed by atoms with E-state index in [9.17, 15) is 9.90 Å². The second-order valence-electron chi connectivity index (χ2n) is 8.90. The quantitative estimate of drug-likeness (QED) is 0.622. The first-order valence-electron chi connectivity index (χ1n) is 10.5. The largest absolute Gasteiger partial charge is 0.497 e. The molecule has 0 saturated heterocycles. The summed E-state index contributed by atoms with van der Waals surface area (Å²) in [5, 5.41) is 13.8. The Morgan fingerprint density at radius 1 is 1.00 bits per heavy atom. The molecule has 0 aliphatic heterocycles. The van der Waals surface area contributed by atoms with E-state index in [0.717, 1.165) is 17.7 Å². The summed E-state index contributed by atoms with van der Waals surface area (Å²) in [5.41, 5.74) is 1.66. The monoisotopic (exact) mass is 413 g/mol. The number of aliphatic hydroxyl groups excluding tert-OH is 1. The van der Waals surface area contributed by atoms with Crippen LogP contribution in [0.2, 0.25) is 0 Å². The number of ether oxygens (including phenoxy) is 2. The molecular weight excluding hydrogens is 378 g/mol. The number of aliphatic hydroxyl groups is 1. The minimum Gasteiger partial charge on any atom is -0.497 e. The number of amides is 1. The summed E-state index contributed by atoms with van der Waals surface area (Å²) in [6, 6.07) is 17.4. The molecule has 30 heavy (non-hydrogen) atoms. The molecule has 0 aliphatic carbocycles. The standard InChI is InChI=1S/C25H35NO4/c1-18(15-20-11-13-21(29-5)14-12-20)16-23(27)22(17-19-9-7-6-8-10-19)26-24(28)30-25(2,3)4/h6-14,18,22-23,27H,15-17H2,1-5H3,(H,26,28)/t18-,22+,23+/m1/s1. The van der Waals surface area contributed by atoms with E-state index in [1.807, 2.05) is 75.4 Å². The summed E-state index contributed by atoms with van der Waals surface area (Å²) in [6.45, 7) is 7.59. The molecular formula is C25H35NO4. The molecule has 2 aromatic carbocycles. The van der Waals surface area contributed by atoms with Crippen molar-refractivity contribution in [2.45, 2.75) is 64.7 Å². The van der Waals surface area contributed by atoms with Crippen molar-refractivity contribution < 1.29 is 19.4 Å². The van der Waals surface area contributed by atoms with Gasteiger partial charge in [0.2, 0.25) is 0 Å². The van der Waals surface area contributed by atoms with Gasteiger partial charge in [-0.1, -0.05) is 49.4 Å². The highest BCUT2D eigenvalue weighted by molar-refractivity contribution is 5.68. The number of benzene rings is 2. The number of nitrogens with one attached hydrogen (secondary N) is 1. The van der Waals surface area contributed by atoms with E-state index < -0.39 is 23.8 Å². The Morgan fingerprint density at radius 2 is 1.60 bits per heavy atom. The molecule has 164 valence electrons. The Morgan fingerprint density at radius 3 is 2.17 bits per heavy atom. The molecule has 0 heterocycles. The van der Waals surface area contributed by atoms with Gasteiger partial charge in [-0.15, -0.1) is 0 Å². The van der Waals surface area contributed by atoms with E-state index in [4.69, 9.17) is 9.47 Å². The maximum absolute atomic E-state index is 12.3. The molecule has 2 aromatic rings. The first-order chi connectivity index (χ1) is 14.2. The molecule has 1 amide bonds. The van der Waals surface area contributed by atoms with Crippen molar-refractivity contribution in [3.05, 3.63) is 65.7 Å². The van der Waals surface area contributed by atoms with Crippen molar-refractivity contribution in [3.63, 3.8) is 0 Å². The Balaban J connectivity index is 2.02. The number of carbonyl (C=O) groups excluding carboxylic acids is 1. The lowest BCUT2D eigenvalue weighted by molar-refractivity contribution is 0.0395. The lowest BCUT2D eigenvalue weighted by Crippen LogP contribution is -2.47. The van der Waals surface area contributed by atoms with Crippen LogP contribution in [0.3, 0.4) is 0 Å². The maximum atomic E-state index is 12.3. The van der Waals surface area contributed by atoms with Gasteiger partial charge < -0.3 is 19.9 Å². The normalized spacial score (nSPS) is 14.5. The fourth-order valence-electron chi connectivity index (χ4n) is 3.43. The molecule has 0 aromatic heterocycles. The van der Waals surface area contributed by atoms with Gasteiger partial charge in [0.15, 0.2) is 0 Å². The van der Waals surface area contributed by atoms with Crippen LogP contribution in [-0.2, 0) is 17.6 Å². The average Bonchev–Trinajstić information content (AvgIpc) is 2.67. The van der Waals surface area contributed by atoms with Crippen LogP contribution in [-0.4, -0.2) is 36.1 Å². The fourth-order valence-corrected chi connectivity index (χ4v) is 3.43. The van der Waals surface area contributed by atoms with Crippen molar-refractivity contribution in [2.24, 2.45) is 5.92 Å². The van der Waals surface area contributed by atoms with Crippen molar-refractivity contribution in [2.75, 3.05) is 7.11 Å². The van der Waals surface area contributed by atoms with Crippen molar-refractivity contribution in [3.8, 4) is 5.75 Å². The smallest absolute Gasteiger partial charge is 0.407 e. The third-order valence-electron chi connectivity index (χ3n) is 4.85. The predicted octanol–water partition coefficient (Wildman–Crippen LogP) is 4.76. The number of carbonyl (C=O) groups is 1. The summed E-state index contributed by atoms with van der Waals surface area (Å²) in [4.78, 5) is 12.3. The number of alkyl carbamates (subject to hydrolysis) is 1. The van der Waals surface area contributed by atoms with Crippen molar-refractivity contribution in [1.82, 2.24) is 5.32 Å². The van der Waals surface area contributed by atoms with Crippen molar-refractivity contribution >= 4 is 6.09 Å². The zero-order valence-electron chi connectivity index (χ0n) is 18.7. The van der Waals surface area contributed by atoms with Gasteiger partial charge in [-0.3, -0.25) is 0 Å². The molecule has 2 rings (SSSR count). The van der Waals surface area contributed by atoms with E-state index in [-0.39, 0.29) is 5.92 Å². The van der Waals surface area contributed by atoms with Crippen LogP contribution in [0.5, 0.6) is 5.75 Å². The lowest BCUT2D eigenvalue weighted by atomic mass is 9.90. The van der Waals surface area contributed by atoms with Crippen LogP contribution in [0.1, 0.15) is 45.2 Å². The number of hydrogen-bond acceptors (Lipinski definition) is 4. The molecule has 0 aliphatic rings. The number of methoxy groups -OCH3 is 1. The highest BCUT2D eigenvalue weighted by atomic mass is 16.6. The topological polar surface area (TPSA) is 67.8 Å². The SMILES string of the molecule is COc1ccc(C[C@@H](C)C[C@H](O)[C@H](Cc2ccccc2)NC(=O)OC(C)(C)C)cc1. The predicted molar refractivity (Wildman–Crippen MR) is 120 cm³/mol. The third-order valence-corrected chi connectivity index (χ3v) is 4.85. The molecule has 0 fully saturated rings. The summed E-state index contributed by atoms with van der Waals surface area (Å²) >= 11 is 0. The highest BCUT2D eigenvalue weighted by Crippen LogP contribution is 2.20. The zero-order chi connectivity index (χ0) is 22.1. The van der Waals surface area contributed by atoms with Gasteiger partial charge in [0.25, 0.3) is 0 Å². The Bertz CT molecular complexity index is 768. The molecule has 0 saturated carbocycles. The van der Waals surface area contributed by atoms with Crippen molar-refractivity contribution in [1.29, 1.82) is 0 Å². The van der Waals surface area contributed by atoms with E-state index in [1.54, 1.807) is 7.11 Å². The highest BCUT2D eigenvalue weighted by Gasteiger charge is 2.26. The first-order valence-corrected chi connectivity index (χ1v) is 10.5. The van der Waals surface area contributed by atoms with Gasteiger partial charge in [-0.2, -0.15) is 0 Å². The molecule has 3 atom stereocenters. The van der Waals surface area contributed by atoms with Gasteiger partial charge in [0, 0.05) is 0 Å². The second-order valence-corrected chi connectivity index (χ2v) is 8.90. The number of rotatable bonds is 9. The zero-order valence-corrected chi connectivity index (χ0v) is 18.7. The first kappa shape index (κ1) is 23.7.